The average molecular weight is 533 g/mol. The van der Waals surface area contributed by atoms with Crippen LogP contribution in [-0.4, -0.2) is 9.97 Å². The summed E-state index contributed by atoms with van der Waals surface area (Å²) in [5.74, 6) is 1.82. The minimum absolute atomic E-state index is 0.911. The van der Waals surface area contributed by atoms with Crippen LogP contribution < -0.4 is 0 Å². The quantitative estimate of drug-likeness (QED) is 0.182. The zero-order valence-electron chi connectivity index (χ0n) is 20.1. The van der Waals surface area contributed by atoms with Crippen LogP contribution >= 0.6 is 35.3 Å². The highest BCUT2D eigenvalue weighted by atomic mass is 32.2. The van der Waals surface area contributed by atoms with Gasteiger partial charge >= 0.3 is 0 Å². The number of thioether (sulfide) groups is 2. The molecule has 0 aliphatic rings. The molecule has 6 rings (SSSR count). The first-order chi connectivity index (χ1) is 18.3. The Morgan fingerprint density at radius 2 is 0.865 bits per heavy atom. The third-order valence-corrected chi connectivity index (χ3v) is 9.79. The molecule has 0 unspecified atom stereocenters. The summed E-state index contributed by atoms with van der Waals surface area (Å²) < 4.78 is 0. The molecular weight excluding hydrogens is 509 g/mol. The lowest BCUT2D eigenvalue weighted by Crippen LogP contribution is -1.91. The summed E-state index contributed by atoms with van der Waals surface area (Å²) in [6.07, 6.45) is 4.06. The number of hydrogen-bond donors (Lipinski definition) is 0. The molecule has 0 saturated heterocycles. The second-order valence-electron chi connectivity index (χ2n) is 8.59. The van der Waals surface area contributed by atoms with Crippen molar-refractivity contribution >= 4 is 57.1 Å². The van der Waals surface area contributed by atoms with E-state index >= 15 is 0 Å². The molecular formula is C32H24N2S3. The topological polar surface area (TPSA) is 25.8 Å². The fourth-order valence-electron chi connectivity index (χ4n) is 4.22. The second-order valence-corrected chi connectivity index (χ2v) is 11.6. The van der Waals surface area contributed by atoms with Crippen LogP contribution in [0.3, 0.4) is 0 Å². The van der Waals surface area contributed by atoms with Crippen LogP contribution in [0.4, 0.5) is 0 Å². The van der Waals surface area contributed by atoms with Crippen molar-refractivity contribution in [1.29, 1.82) is 0 Å². The Hall–Kier alpha value is -3.25. The predicted octanol–water partition coefficient (Wildman–Crippen LogP) is 9.52. The molecule has 0 amide bonds. The van der Waals surface area contributed by atoms with E-state index in [0.29, 0.717) is 0 Å². The summed E-state index contributed by atoms with van der Waals surface area (Å²) in [5.41, 5.74) is 4.68. The van der Waals surface area contributed by atoms with E-state index in [1.54, 1.807) is 11.8 Å². The fourth-order valence-corrected chi connectivity index (χ4v) is 7.73. The van der Waals surface area contributed by atoms with Gasteiger partial charge in [0.15, 0.2) is 0 Å². The lowest BCUT2D eigenvalue weighted by atomic mass is 10.2. The van der Waals surface area contributed by atoms with Crippen LogP contribution in [0.1, 0.15) is 11.1 Å². The zero-order chi connectivity index (χ0) is 24.9. The van der Waals surface area contributed by atoms with Crippen molar-refractivity contribution in [2.45, 2.75) is 31.1 Å². The number of fused-ring (bicyclic) bond motifs is 2. The van der Waals surface area contributed by atoms with Gasteiger partial charge in [-0.2, -0.15) is 0 Å². The number of benzene rings is 4. The minimum Gasteiger partial charge on any atom is -0.255 e. The monoisotopic (exact) mass is 532 g/mol. The maximum absolute atomic E-state index is 4.82. The largest absolute Gasteiger partial charge is 0.255 e. The molecule has 37 heavy (non-hydrogen) atoms. The van der Waals surface area contributed by atoms with Gasteiger partial charge in [-0.25, -0.2) is 0 Å². The first-order valence-electron chi connectivity index (χ1n) is 12.1. The normalized spacial score (nSPS) is 11.2. The minimum atomic E-state index is 0.911. The fraction of sp³-hybridized carbons (Fsp3) is 0.0625. The van der Waals surface area contributed by atoms with Gasteiger partial charge in [0.05, 0.1) is 11.0 Å². The molecule has 0 aliphatic heterocycles. The third-order valence-electron chi connectivity index (χ3n) is 6.06. The van der Waals surface area contributed by atoms with Crippen LogP contribution in [0, 0.1) is 0 Å². The van der Waals surface area contributed by atoms with E-state index in [0.717, 1.165) is 22.5 Å². The molecule has 5 heteroatoms. The second kappa shape index (κ2) is 11.4. The van der Waals surface area contributed by atoms with Gasteiger partial charge in [0.25, 0.3) is 0 Å². The first kappa shape index (κ1) is 24.1. The molecule has 0 N–H and O–H groups in total. The molecule has 180 valence electrons. The number of pyridine rings is 2. The predicted molar refractivity (Wildman–Crippen MR) is 160 cm³/mol. The maximum atomic E-state index is 4.82. The van der Waals surface area contributed by atoms with Gasteiger partial charge in [-0.15, -0.1) is 23.5 Å². The number of hydrogen-bond acceptors (Lipinski definition) is 5. The molecule has 0 atom stereocenters. The molecule has 0 bridgehead atoms. The molecule has 0 fully saturated rings. The van der Waals surface area contributed by atoms with Crippen molar-refractivity contribution in [1.82, 2.24) is 9.97 Å². The first-order valence-corrected chi connectivity index (χ1v) is 14.9. The van der Waals surface area contributed by atoms with Crippen molar-refractivity contribution in [3.8, 4) is 0 Å². The van der Waals surface area contributed by atoms with E-state index in [9.17, 15) is 0 Å². The molecule has 2 aromatic heterocycles. The lowest BCUT2D eigenvalue weighted by molar-refractivity contribution is 1.16. The SMILES string of the molecule is c1ccc(CSc2c(Sc3cnc4ccccc4c3SCc3ccccc3)cnc3ccccc23)cc1. The standard InChI is InChI=1S/C32H24N2S3/c1-3-11-23(12-4-1)21-35-31-25-15-7-9-17-27(25)33-19-29(31)37-30-20-34-28-18-10-8-16-26(28)32(30)36-22-24-13-5-2-6-14-24/h1-20H,21-22H2. The van der Waals surface area contributed by atoms with Gasteiger partial charge in [0.2, 0.25) is 0 Å². The number of para-hydroxylation sites is 2. The smallest absolute Gasteiger partial charge is 0.0714 e. The van der Waals surface area contributed by atoms with Gasteiger partial charge in [0.1, 0.15) is 0 Å². The van der Waals surface area contributed by atoms with Gasteiger partial charge in [-0.3, -0.25) is 9.97 Å². The zero-order valence-corrected chi connectivity index (χ0v) is 22.5. The molecule has 2 nitrogen and oxygen atoms in total. The Morgan fingerprint density at radius 1 is 0.459 bits per heavy atom. The van der Waals surface area contributed by atoms with Crippen LogP contribution in [-0.2, 0) is 11.5 Å². The van der Waals surface area contributed by atoms with E-state index in [2.05, 4.69) is 109 Å². The molecule has 0 spiro atoms. The van der Waals surface area contributed by atoms with Crippen molar-refractivity contribution in [3.63, 3.8) is 0 Å². The van der Waals surface area contributed by atoms with Crippen LogP contribution in [0.15, 0.2) is 141 Å². The van der Waals surface area contributed by atoms with E-state index in [4.69, 9.17) is 9.97 Å². The molecule has 0 aliphatic carbocycles. The molecule has 0 saturated carbocycles. The summed E-state index contributed by atoms with van der Waals surface area (Å²) in [5, 5.41) is 2.39. The summed E-state index contributed by atoms with van der Waals surface area (Å²) in [4.78, 5) is 14.5. The van der Waals surface area contributed by atoms with Gasteiger partial charge < -0.3 is 0 Å². The summed E-state index contributed by atoms with van der Waals surface area (Å²) in [7, 11) is 0. The van der Waals surface area contributed by atoms with Crippen molar-refractivity contribution in [2.75, 3.05) is 0 Å². The molecule has 2 heterocycles. The summed E-state index contributed by atoms with van der Waals surface area (Å²) in [6, 6.07) is 38.2. The van der Waals surface area contributed by atoms with Gasteiger partial charge in [-0.1, -0.05) is 109 Å². The Labute approximate surface area is 230 Å². The number of rotatable bonds is 8. The van der Waals surface area contributed by atoms with Gasteiger partial charge in [0, 0.05) is 54.3 Å². The Balaban J connectivity index is 1.39. The summed E-state index contributed by atoms with van der Waals surface area (Å²) >= 11 is 5.54. The highest BCUT2D eigenvalue weighted by molar-refractivity contribution is 8.03. The Bertz CT molecular complexity index is 1530. The van der Waals surface area contributed by atoms with E-state index < -0.39 is 0 Å². The number of aromatic nitrogens is 2. The van der Waals surface area contributed by atoms with Crippen LogP contribution in [0.25, 0.3) is 21.8 Å². The lowest BCUT2D eigenvalue weighted by Gasteiger charge is -2.15. The van der Waals surface area contributed by atoms with E-state index in [-0.39, 0.29) is 0 Å². The van der Waals surface area contributed by atoms with Crippen molar-refractivity contribution in [2.24, 2.45) is 0 Å². The molecule has 0 radical (unpaired) electrons. The van der Waals surface area contributed by atoms with E-state index in [1.165, 1.54) is 41.5 Å². The van der Waals surface area contributed by atoms with E-state index in [1.807, 2.05) is 35.9 Å². The Morgan fingerprint density at radius 3 is 1.32 bits per heavy atom. The highest BCUT2D eigenvalue weighted by Gasteiger charge is 2.16. The molecule has 4 aromatic carbocycles. The summed E-state index contributed by atoms with van der Waals surface area (Å²) in [6.45, 7) is 0. The maximum Gasteiger partial charge on any atom is 0.0714 e. The Kier molecular flexibility index (Phi) is 7.45. The molecule has 6 aromatic rings. The van der Waals surface area contributed by atoms with Crippen LogP contribution in [0.2, 0.25) is 0 Å². The highest BCUT2D eigenvalue weighted by Crippen LogP contribution is 2.45. The number of nitrogens with zero attached hydrogens (tertiary/aromatic N) is 2. The van der Waals surface area contributed by atoms with Crippen molar-refractivity contribution in [3.05, 3.63) is 133 Å². The van der Waals surface area contributed by atoms with Crippen molar-refractivity contribution < 1.29 is 0 Å². The third kappa shape index (κ3) is 5.54. The average Bonchev–Trinajstić information content (AvgIpc) is 2.97. The van der Waals surface area contributed by atoms with Crippen LogP contribution in [0.5, 0.6) is 0 Å². The van der Waals surface area contributed by atoms with Gasteiger partial charge in [-0.05, 0) is 23.3 Å².